The molecule has 0 aliphatic heterocycles. The van der Waals surface area contributed by atoms with Crippen molar-refractivity contribution in [3.05, 3.63) is 88.5 Å². The summed E-state index contributed by atoms with van der Waals surface area (Å²) in [4.78, 5) is 12.9. The Morgan fingerprint density at radius 1 is 0.926 bits per heavy atom. The molecule has 0 amide bonds. The largest absolute Gasteiger partial charge is 0.458 e. The van der Waals surface area contributed by atoms with E-state index in [1.165, 1.54) is 27.8 Å². The van der Waals surface area contributed by atoms with Crippen LogP contribution in [-0.2, 0) is 28.8 Å². The first-order chi connectivity index (χ1) is 13.1. The minimum atomic E-state index is -0.245. The molecular weight excluding hydrogens is 332 g/mol. The van der Waals surface area contributed by atoms with Gasteiger partial charge in [0.25, 0.3) is 0 Å². The Morgan fingerprint density at radius 3 is 2.44 bits per heavy atom. The summed E-state index contributed by atoms with van der Waals surface area (Å²) >= 11 is 0. The highest BCUT2D eigenvalue weighted by Gasteiger charge is 2.26. The van der Waals surface area contributed by atoms with Crippen molar-refractivity contribution in [3.8, 4) is 0 Å². The van der Waals surface area contributed by atoms with Crippen molar-refractivity contribution in [2.75, 3.05) is 0 Å². The number of benzene rings is 2. The predicted molar refractivity (Wildman–Crippen MR) is 109 cm³/mol. The second kappa shape index (κ2) is 7.56. The van der Waals surface area contributed by atoms with Crippen molar-refractivity contribution in [1.82, 2.24) is 0 Å². The van der Waals surface area contributed by atoms with Crippen LogP contribution >= 0.6 is 0 Å². The fourth-order valence-corrected chi connectivity index (χ4v) is 4.17. The quantitative estimate of drug-likeness (QED) is 0.547. The molecule has 0 saturated carbocycles. The molecule has 0 saturated heterocycles. The van der Waals surface area contributed by atoms with Crippen LogP contribution in [0.5, 0.6) is 0 Å². The molecular formula is C25H26O2. The summed E-state index contributed by atoms with van der Waals surface area (Å²) in [6, 6.07) is 16.9. The lowest BCUT2D eigenvalue weighted by Crippen LogP contribution is -2.25. The summed E-state index contributed by atoms with van der Waals surface area (Å²) in [5.74, 6) is -0.379. The summed E-state index contributed by atoms with van der Waals surface area (Å²) in [7, 11) is 0. The molecule has 138 valence electrons. The molecule has 0 heterocycles. The predicted octanol–water partition coefficient (Wildman–Crippen LogP) is 5.31. The van der Waals surface area contributed by atoms with E-state index in [-0.39, 0.29) is 18.0 Å². The lowest BCUT2D eigenvalue weighted by Gasteiger charge is -2.26. The molecule has 0 radical (unpaired) electrons. The maximum atomic E-state index is 12.9. The van der Waals surface area contributed by atoms with E-state index in [1.54, 1.807) is 0 Å². The number of allylic oxidation sites excluding steroid dienone is 2. The van der Waals surface area contributed by atoms with Gasteiger partial charge in [-0.1, -0.05) is 60.7 Å². The molecule has 27 heavy (non-hydrogen) atoms. The molecule has 0 spiro atoms. The van der Waals surface area contributed by atoms with Crippen LogP contribution in [0.2, 0.25) is 0 Å². The Balaban J connectivity index is 1.45. The van der Waals surface area contributed by atoms with E-state index in [4.69, 9.17) is 4.74 Å². The summed E-state index contributed by atoms with van der Waals surface area (Å²) in [6.07, 6.45) is 8.06. The normalized spacial score (nSPS) is 17.7. The molecule has 2 unspecified atom stereocenters. The number of carbonyl (C=O) groups is 1. The van der Waals surface area contributed by atoms with E-state index in [1.807, 2.05) is 19.9 Å². The van der Waals surface area contributed by atoms with Gasteiger partial charge in [0, 0.05) is 0 Å². The second-order valence-electron chi connectivity index (χ2n) is 7.58. The van der Waals surface area contributed by atoms with Gasteiger partial charge in [0.1, 0.15) is 6.10 Å². The summed E-state index contributed by atoms with van der Waals surface area (Å²) in [5.41, 5.74) is 7.55. The highest BCUT2D eigenvalue weighted by molar-refractivity contribution is 5.89. The van der Waals surface area contributed by atoms with Crippen molar-refractivity contribution in [2.45, 2.75) is 45.6 Å². The molecule has 2 heteroatoms. The van der Waals surface area contributed by atoms with E-state index in [2.05, 4.69) is 54.6 Å². The Hall–Kier alpha value is -2.61. The topological polar surface area (TPSA) is 26.3 Å². The number of rotatable bonds is 4. The highest BCUT2D eigenvalue weighted by atomic mass is 16.5. The lowest BCUT2D eigenvalue weighted by molar-refractivity contribution is -0.149. The van der Waals surface area contributed by atoms with Gasteiger partial charge in [0.15, 0.2) is 0 Å². The molecule has 4 rings (SSSR count). The van der Waals surface area contributed by atoms with Crippen LogP contribution < -0.4 is 0 Å². The number of hydrogen-bond donors (Lipinski definition) is 0. The van der Waals surface area contributed by atoms with Gasteiger partial charge in [-0.3, -0.25) is 4.79 Å². The SMILES string of the molecule is CC(OC(=O)C(C)C1=CCCc2ccccc21)C1=CCc2ccccc2C1. The molecule has 2 atom stereocenters. The first-order valence-electron chi connectivity index (χ1n) is 9.88. The molecule has 2 aromatic rings. The zero-order valence-corrected chi connectivity index (χ0v) is 16.1. The fourth-order valence-electron chi connectivity index (χ4n) is 4.17. The van der Waals surface area contributed by atoms with Gasteiger partial charge < -0.3 is 4.74 Å². The van der Waals surface area contributed by atoms with E-state index in [9.17, 15) is 4.79 Å². The Morgan fingerprint density at radius 2 is 1.63 bits per heavy atom. The van der Waals surface area contributed by atoms with Crippen LogP contribution in [0.15, 0.2) is 66.3 Å². The third-order valence-electron chi connectivity index (χ3n) is 5.84. The lowest BCUT2D eigenvalue weighted by atomic mass is 9.84. The molecule has 0 bridgehead atoms. The van der Waals surface area contributed by atoms with Gasteiger partial charge in [0.05, 0.1) is 5.92 Å². The van der Waals surface area contributed by atoms with Crippen LogP contribution in [-0.4, -0.2) is 12.1 Å². The van der Waals surface area contributed by atoms with Crippen molar-refractivity contribution in [3.63, 3.8) is 0 Å². The highest BCUT2D eigenvalue weighted by Crippen LogP contribution is 2.33. The monoisotopic (exact) mass is 358 g/mol. The molecule has 0 fully saturated rings. The second-order valence-corrected chi connectivity index (χ2v) is 7.58. The van der Waals surface area contributed by atoms with Crippen molar-refractivity contribution >= 4 is 11.5 Å². The van der Waals surface area contributed by atoms with Crippen LogP contribution in [0.4, 0.5) is 0 Å². The maximum absolute atomic E-state index is 12.9. The number of fused-ring (bicyclic) bond motifs is 2. The first-order valence-corrected chi connectivity index (χ1v) is 9.88. The van der Waals surface area contributed by atoms with E-state index < -0.39 is 0 Å². The summed E-state index contributed by atoms with van der Waals surface area (Å²) < 4.78 is 5.89. The average molecular weight is 358 g/mol. The molecule has 2 nitrogen and oxygen atoms in total. The fraction of sp³-hybridized carbons (Fsp3) is 0.320. The van der Waals surface area contributed by atoms with Crippen LogP contribution in [0.1, 0.15) is 42.5 Å². The van der Waals surface area contributed by atoms with Gasteiger partial charge >= 0.3 is 5.97 Å². The third kappa shape index (κ3) is 3.62. The molecule has 2 aromatic carbocycles. The van der Waals surface area contributed by atoms with Gasteiger partial charge in [0.2, 0.25) is 0 Å². The van der Waals surface area contributed by atoms with E-state index in [0.29, 0.717) is 0 Å². The van der Waals surface area contributed by atoms with Gasteiger partial charge in [-0.25, -0.2) is 0 Å². The van der Waals surface area contributed by atoms with Crippen LogP contribution in [0.25, 0.3) is 5.57 Å². The average Bonchev–Trinajstić information content (AvgIpc) is 2.72. The number of ether oxygens (including phenoxy) is 1. The maximum Gasteiger partial charge on any atom is 0.313 e. The summed E-state index contributed by atoms with van der Waals surface area (Å²) in [5, 5.41) is 0. The number of carbonyl (C=O) groups excluding carboxylic acids is 1. The van der Waals surface area contributed by atoms with Gasteiger partial charge in [-0.05, 0) is 72.9 Å². The van der Waals surface area contributed by atoms with E-state index in [0.717, 1.165) is 31.3 Å². The van der Waals surface area contributed by atoms with Crippen molar-refractivity contribution < 1.29 is 9.53 Å². The third-order valence-corrected chi connectivity index (χ3v) is 5.84. The molecule has 0 aromatic heterocycles. The minimum Gasteiger partial charge on any atom is -0.458 e. The molecule has 2 aliphatic rings. The Labute approximate surface area is 161 Å². The number of aryl methyl sites for hydroxylation is 1. The van der Waals surface area contributed by atoms with Gasteiger partial charge in [-0.15, -0.1) is 0 Å². The van der Waals surface area contributed by atoms with Crippen molar-refractivity contribution in [2.24, 2.45) is 5.92 Å². The zero-order chi connectivity index (χ0) is 18.8. The summed E-state index contributed by atoms with van der Waals surface area (Å²) in [6.45, 7) is 3.96. The van der Waals surface area contributed by atoms with Crippen molar-refractivity contribution in [1.29, 1.82) is 0 Å². The zero-order valence-electron chi connectivity index (χ0n) is 16.1. The van der Waals surface area contributed by atoms with E-state index >= 15 is 0 Å². The standard InChI is InChI=1S/C25H26O2/c1-17(23-13-7-11-20-9-5-6-12-24(20)23)25(26)27-18(2)21-15-14-19-8-3-4-10-22(19)16-21/h3-6,8-10,12-13,15,17-18H,7,11,14,16H2,1-2H3. The molecule has 0 N–H and O–H groups in total. The molecule has 2 aliphatic carbocycles. The van der Waals surface area contributed by atoms with Gasteiger partial charge in [-0.2, -0.15) is 0 Å². The first kappa shape index (κ1) is 17.8. The Kier molecular flexibility index (Phi) is 4.98. The number of hydrogen-bond acceptors (Lipinski definition) is 2. The van der Waals surface area contributed by atoms with Crippen LogP contribution in [0.3, 0.4) is 0 Å². The number of esters is 1. The van der Waals surface area contributed by atoms with Crippen LogP contribution in [0, 0.1) is 5.92 Å². The minimum absolute atomic E-state index is 0.134. The Bertz CT molecular complexity index is 919. The smallest absolute Gasteiger partial charge is 0.313 e.